The lowest BCUT2D eigenvalue weighted by Gasteiger charge is -2.00. The maximum atomic E-state index is 12.9. The molecule has 0 N–H and O–H groups in total. The van der Waals surface area contributed by atoms with Crippen LogP contribution in [0.5, 0.6) is 0 Å². The molecule has 0 amide bonds. The van der Waals surface area contributed by atoms with Gasteiger partial charge in [0.05, 0.1) is 0 Å². The monoisotopic (exact) mass is 150 g/mol. The van der Waals surface area contributed by atoms with Crippen LogP contribution in [0.4, 0.5) is 4.39 Å². The molecule has 0 heterocycles. The van der Waals surface area contributed by atoms with Crippen LogP contribution in [-0.2, 0) is 6.42 Å². The van der Waals surface area contributed by atoms with Gasteiger partial charge in [-0.1, -0.05) is 30.9 Å². The maximum Gasteiger partial charge on any atom is 0.143 e. The molecule has 11 heavy (non-hydrogen) atoms. The largest absolute Gasteiger partial charge is 0.208 e. The van der Waals surface area contributed by atoms with Gasteiger partial charge in [0.2, 0.25) is 0 Å². The Balaban J connectivity index is 2.86. The third-order valence-corrected chi connectivity index (χ3v) is 1.77. The van der Waals surface area contributed by atoms with Crippen LogP contribution in [-0.4, -0.2) is 7.85 Å². The number of benzene rings is 1. The normalized spacial score (nSPS) is 10.0. The van der Waals surface area contributed by atoms with E-state index in [1.165, 1.54) is 0 Å². The summed E-state index contributed by atoms with van der Waals surface area (Å²) in [7, 11) is 1.78. The number of hydrogen-bond donors (Lipinski definition) is 0. The lowest BCUT2D eigenvalue weighted by atomic mass is 9.94. The van der Waals surface area contributed by atoms with Crippen molar-refractivity contribution in [3.05, 3.63) is 29.6 Å². The number of rotatable bonds is 2. The van der Waals surface area contributed by atoms with Gasteiger partial charge in [-0.05, 0) is 18.1 Å². The van der Waals surface area contributed by atoms with Crippen LogP contribution >= 0.6 is 0 Å². The van der Waals surface area contributed by atoms with Crippen molar-refractivity contribution in [2.45, 2.75) is 19.8 Å². The number of hydrogen-bond acceptors (Lipinski definition) is 0. The Morgan fingerprint density at radius 1 is 1.45 bits per heavy atom. The first-order chi connectivity index (χ1) is 5.24. The second-order valence-corrected chi connectivity index (χ2v) is 2.83. The SMILES string of the molecule is Bc1ccc(CCC)cc1F. The lowest BCUT2D eigenvalue weighted by Crippen LogP contribution is -2.07. The Morgan fingerprint density at radius 2 is 2.18 bits per heavy atom. The molecule has 0 unspecified atom stereocenters. The van der Waals surface area contributed by atoms with Crippen molar-refractivity contribution in [2.24, 2.45) is 0 Å². The fourth-order valence-corrected chi connectivity index (χ4v) is 1.08. The molecule has 0 saturated heterocycles. The molecule has 0 saturated carbocycles. The van der Waals surface area contributed by atoms with E-state index in [1.807, 2.05) is 12.1 Å². The van der Waals surface area contributed by atoms with Gasteiger partial charge in [0.1, 0.15) is 13.7 Å². The van der Waals surface area contributed by atoms with E-state index in [4.69, 9.17) is 0 Å². The van der Waals surface area contributed by atoms with Crippen LogP contribution in [0, 0.1) is 5.82 Å². The first kappa shape index (κ1) is 8.31. The molecule has 0 aliphatic carbocycles. The Labute approximate surface area is 67.8 Å². The molecule has 0 aliphatic rings. The summed E-state index contributed by atoms with van der Waals surface area (Å²) < 4.78 is 12.9. The van der Waals surface area contributed by atoms with Gasteiger partial charge in [-0.15, -0.1) is 0 Å². The van der Waals surface area contributed by atoms with E-state index in [9.17, 15) is 4.39 Å². The van der Waals surface area contributed by atoms with Gasteiger partial charge in [0.15, 0.2) is 0 Å². The van der Waals surface area contributed by atoms with Crippen molar-refractivity contribution in [1.82, 2.24) is 0 Å². The topological polar surface area (TPSA) is 0 Å². The average Bonchev–Trinajstić information content (AvgIpc) is 1.98. The highest BCUT2D eigenvalue weighted by Crippen LogP contribution is 2.03. The predicted octanol–water partition coefficient (Wildman–Crippen LogP) is 1.04. The Hall–Kier alpha value is -0.785. The van der Waals surface area contributed by atoms with Crippen LogP contribution in [0.3, 0.4) is 0 Å². The van der Waals surface area contributed by atoms with Crippen molar-refractivity contribution in [3.63, 3.8) is 0 Å². The first-order valence-corrected chi connectivity index (χ1v) is 3.99. The molecule has 0 aromatic heterocycles. The molecule has 0 spiro atoms. The maximum absolute atomic E-state index is 12.9. The molecular formula is C9H12BF. The molecule has 1 aromatic rings. The zero-order valence-electron chi connectivity index (χ0n) is 7.02. The molecule has 0 atom stereocenters. The highest BCUT2D eigenvalue weighted by Gasteiger charge is 1.97. The van der Waals surface area contributed by atoms with Gasteiger partial charge in [-0.2, -0.15) is 0 Å². The minimum atomic E-state index is -0.0871. The van der Waals surface area contributed by atoms with Gasteiger partial charge in [0.25, 0.3) is 0 Å². The van der Waals surface area contributed by atoms with E-state index >= 15 is 0 Å². The van der Waals surface area contributed by atoms with Gasteiger partial charge in [-0.3, -0.25) is 0 Å². The summed E-state index contributed by atoms with van der Waals surface area (Å²) in [6.45, 7) is 2.10. The van der Waals surface area contributed by atoms with Crippen molar-refractivity contribution < 1.29 is 4.39 Å². The smallest absolute Gasteiger partial charge is 0.143 e. The van der Waals surface area contributed by atoms with E-state index in [0.29, 0.717) is 0 Å². The minimum Gasteiger partial charge on any atom is -0.208 e. The van der Waals surface area contributed by atoms with Crippen LogP contribution in [0.15, 0.2) is 18.2 Å². The fraction of sp³-hybridized carbons (Fsp3) is 0.333. The molecule has 0 nitrogen and oxygen atoms in total. The van der Waals surface area contributed by atoms with Crippen molar-refractivity contribution >= 4 is 13.3 Å². The summed E-state index contributed by atoms with van der Waals surface area (Å²) in [4.78, 5) is 0. The Morgan fingerprint density at radius 3 is 2.73 bits per heavy atom. The summed E-state index contributed by atoms with van der Waals surface area (Å²) in [6.07, 6.45) is 2.04. The highest BCUT2D eigenvalue weighted by molar-refractivity contribution is 6.32. The quantitative estimate of drug-likeness (QED) is 0.552. The molecule has 0 fully saturated rings. The van der Waals surface area contributed by atoms with Crippen LogP contribution in [0.25, 0.3) is 0 Å². The van der Waals surface area contributed by atoms with Gasteiger partial charge < -0.3 is 0 Å². The lowest BCUT2D eigenvalue weighted by molar-refractivity contribution is 0.633. The van der Waals surface area contributed by atoms with Crippen molar-refractivity contribution in [1.29, 1.82) is 0 Å². The fourth-order valence-electron chi connectivity index (χ4n) is 1.08. The third kappa shape index (κ3) is 2.07. The van der Waals surface area contributed by atoms with Crippen molar-refractivity contribution in [2.75, 3.05) is 0 Å². The molecule has 1 rings (SSSR count). The average molecular weight is 150 g/mol. The molecular weight excluding hydrogens is 138 g/mol. The number of halogens is 1. The summed E-state index contributed by atoms with van der Waals surface area (Å²) in [5.41, 5.74) is 1.82. The highest BCUT2D eigenvalue weighted by atomic mass is 19.1. The second kappa shape index (κ2) is 3.56. The standard InChI is InChI=1S/C9H12BF/c1-2-3-7-4-5-8(10)9(11)6-7/h4-6H,2-3,10H2,1H3. The summed E-state index contributed by atoms with van der Waals surface area (Å²) in [5.74, 6) is -0.0871. The van der Waals surface area contributed by atoms with Crippen LogP contribution < -0.4 is 5.46 Å². The van der Waals surface area contributed by atoms with E-state index in [-0.39, 0.29) is 5.82 Å². The molecule has 1 aromatic carbocycles. The summed E-state index contributed by atoms with van der Waals surface area (Å²) in [6, 6.07) is 5.45. The van der Waals surface area contributed by atoms with Gasteiger partial charge in [-0.25, -0.2) is 4.39 Å². The zero-order valence-corrected chi connectivity index (χ0v) is 7.02. The molecule has 2 heteroatoms. The molecule has 0 aliphatic heterocycles. The third-order valence-electron chi connectivity index (χ3n) is 1.77. The Kier molecular flexibility index (Phi) is 2.69. The minimum absolute atomic E-state index is 0.0871. The van der Waals surface area contributed by atoms with E-state index in [1.54, 1.807) is 13.9 Å². The summed E-state index contributed by atoms with van der Waals surface area (Å²) in [5, 5.41) is 0. The summed E-state index contributed by atoms with van der Waals surface area (Å²) >= 11 is 0. The van der Waals surface area contributed by atoms with Gasteiger partial charge in [0, 0.05) is 0 Å². The number of aryl methyl sites for hydroxylation is 1. The van der Waals surface area contributed by atoms with E-state index in [0.717, 1.165) is 23.9 Å². The van der Waals surface area contributed by atoms with Crippen LogP contribution in [0.2, 0.25) is 0 Å². The van der Waals surface area contributed by atoms with Crippen LogP contribution in [0.1, 0.15) is 18.9 Å². The molecule has 0 radical (unpaired) electrons. The zero-order chi connectivity index (χ0) is 8.27. The van der Waals surface area contributed by atoms with Crippen molar-refractivity contribution in [3.8, 4) is 0 Å². The van der Waals surface area contributed by atoms with Gasteiger partial charge >= 0.3 is 0 Å². The molecule has 0 bridgehead atoms. The Bertz CT molecular complexity index is 245. The molecule has 58 valence electrons. The van der Waals surface area contributed by atoms with E-state index in [2.05, 4.69) is 6.92 Å². The van der Waals surface area contributed by atoms with E-state index < -0.39 is 0 Å². The first-order valence-electron chi connectivity index (χ1n) is 3.99. The predicted molar refractivity (Wildman–Crippen MR) is 48.6 cm³/mol. The second-order valence-electron chi connectivity index (χ2n) is 2.83.